The van der Waals surface area contributed by atoms with Crippen LogP contribution in [-0.2, 0) is 4.87 Å². The first-order valence-electron chi connectivity index (χ1n) is 3.83. The summed E-state index contributed by atoms with van der Waals surface area (Å²) in [6.45, 7) is 1.98. The Balaban J connectivity index is 2.28. The van der Waals surface area contributed by atoms with E-state index in [9.17, 15) is 5.11 Å². The monoisotopic (exact) mass is 195 g/mol. The van der Waals surface area contributed by atoms with Crippen molar-refractivity contribution in [2.75, 3.05) is 0 Å². The molecule has 4 nitrogen and oxygen atoms in total. The fraction of sp³-hybridized carbons (Fsp3) is 0.250. The van der Waals surface area contributed by atoms with Crippen LogP contribution in [-0.4, -0.2) is 15.3 Å². The van der Waals surface area contributed by atoms with Crippen LogP contribution in [0.15, 0.2) is 29.8 Å². The molecule has 0 saturated carbocycles. The largest absolute Gasteiger partial charge is 0.494 e. The number of aliphatic hydroxyl groups excluding tert-OH is 1. The highest BCUT2D eigenvalue weighted by Gasteiger charge is 2.31. The molecule has 0 bridgehead atoms. The number of nitrogens with one attached hydrogen (secondary N) is 1. The molecule has 1 aliphatic heterocycles. The van der Waals surface area contributed by atoms with Gasteiger partial charge in [0.1, 0.15) is 4.87 Å². The van der Waals surface area contributed by atoms with E-state index >= 15 is 0 Å². The Kier molecular flexibility index (Phi) is 1.88. The topological polar surface area (TPSA) is 58.0 Å². The zero-order valence-corrected chi connectivity index (χ0v) is 7.88. The third-order valence-electron chi connectivity index (χ3n) is 1.91. The molecule has 0 fully saturated rings. The van der Waals surface area contributed by atoms with E-state index in [2.05, 4.69) is 15.5 Å². The van der Waals surface area contributed by atoms with Crippen LogP contribution in [0.3, 0.4) is 0 Å². The van der Waals surface area contributed by atoms with E-state index < -0.39 is 0 Å². The molecule has 1 atom stereocenters. The number of thioether (sulfide) groups is 1. The van der Waals surface area contributed by atoms with Crippen molar-refractivity contribution < 1.29 is 5.11 Å². The van der Waals surface area contributed by atoms with E-state index in [1.54, 1.807) is 17.8 Å². The number of nitrogens with zero attached hydrogens (tertiary/aromatic N) is 2. The molecule has 0 radical (unpaired) electrons. The molecule has 2 N–H and O–H groups in total. The van der Waals surface area contributed by atoms with E-state index in [0.717, 1.165) is 5.56 Å². The lowest BCUT2D eigenvalue weighted by Crippen LogP contribution is -2.31. The van der Waals surface area contributed by atoms with Crippen LogP contribution in [0.25, 0.3) is 0 Å². The van der Waals surface area contributed by atoms with Crippen molar-refractivity contribution in [1.82, 2.24) is 15.5 Å². The van der Waals surface area contributed by atoms with Crippen LogP contribution in [0.5, 0.6) is 0 Å². The van der Waals surface area contributed by atoms with Gasteiger partial charge >= 0.3 is 0 Å². The Morgan fingerprint density at radius 3 is 2.92 bits per heavy atom. The summed E-state index contributed by atoms with van der Waals surface area (Å²) in [6, 6.07) is 1.87. The van der Waals surface area contributed by atoms with Crippen LogP contribution in [0.4, 0.5) is 0 Å². The second kappa shape index (κ2) is 2.92. The van der Waals surface area contributed by atoms with Crippen LogP contribution in [0.1, 0.15) is 12.5 Å². The molecule has 5 heteroatoms. The maximum atomic E-state index is 9.22. The molecule has 2 rings (SSSR count). The lowest BCUT2D eigenvalue weighted by molar-refractivity contribution is 0.344. The Bertz CT molecular complexity index is 341. The molecule has 13 heavy (non-hydrogen) atoms. The third-order valence-corrected chi connectivity index (χ3v) is 3.06. The number of hydrogen-bond acceptors (Lipinski definition) is 5. The van der Waals surface area contributed by atoms with Crippen LogP contribution >= 0.6 is 11.8 Å². The van der Waals surface area contributed by atoms with Gasteiger partial charge in [0.25, 0.3) is 0 Å². The quantitative estimate of drug-likeness (QED) is 0.708. The van der Waals surface area contributed by atoms with Crippen molar-refractivity contribution in [3.8, 4) is 0 Å². The minimum atomic E-state index is -0.319. The van der Waals surface area contributed by atoms with Crippen LogP contribution in [0, 0.1) is 0 Å². The van der Waals surface area contributed by atoms with Crippen LogP contribution in [0.2, 0.25) is 0 Å². The number of aromatic nitrogens is 2. The second-order valence-corrected chi connectivity index (χ2v) is 4.20. The molecule has 1 aliphatic rings. The summed E-state index contributed by atoms with van der Waals surface area (Å²) in [4.78, 5) is -0.319. The van der Waals surface area contributed by atoms with E-state index in [0.29, 0.717) is 0 Å². The summed E-state index contributed by atoms with van der Waals surface area (Å²) in [7, 11) is 0. The Morgan fingerprint density at radius 2 is 2.38 bits per heavy atom. The van der Waals surface area contributed by atoms with Gasteiger partial charge in [-0.25, -0.2) is 0 Å². The van der Waals surface area contributed by atoms with Crippen LogP contribution < -0.4 is 5.32 Å². The minimum Gasteiger partial charge on any atom is -0.494 e. The minimum absolute atomic E-state index is 0.198. The number of rotatable bonds is 1. The summed E-state index contributed by atoms with van der Waals surface area (Å²) >= 11 is 1.51. The van der Waals surface area contributed by atoms with Gasteiger partial charge in [-0.05, 0) is 13.0 Å². The average molecular weight is 195 g/mol. The Morgan fingerprint density at radius 1 is 1.54 bits per heavy atom. The molecule has 0 amide bonds. The number of aliphatic hydroxyl groups is 1. The Labute approximate surface area is 80.1 Å². The molecule has 0 aromatic carbocycles. The average Bonchev–Trinajstić information content (AvgIpc) is 2.49. The van der Waals surface area contributed by atoms with Crippen molar-refractivity contribution in [1.29, 1.82) is 0 Å². The summed E-state index contributed by atoms with van der Waals surface area (Å²) in [5, 5.41) is 21.4. The normalized spacial score (nSPS) is 26.7. The maximum Gasteiger partial charge on any atom is 0.192 e. The smallest absolute Gasteiger partial charge is 0.192 e. The number of hydrogen-bond donors (Lipinski definition) is 2. The van der Waals surface area contributed by atoms with E-state index in [-0.39, 0.29) is 10.8 Å². The van der Waals surface area contributed by atoms with Gasteiger partial charge in [-0.15, -0.1) is 0 Å². The first-order valence-corrected chi connectivity index (χ1v) is 4.71. The molecular weight excluding hydrogens is 186 g/mol. The molecule has 68 valence electrons. The first kappa shape index (κ1) is 8.37. The second-order valence-electron chi connectivity index (χ2n) is 2.91. The summed E-state index contributed by atoms with van der Waals surface area (Å²) in [6.07, 6.45) is 3.32. The van der Waals surface area contributed by atoms with Gasteiger partial charge in [-0.2, -0.15) is 10.2 Å². The van der Waals surface area contributed by atoms with Gasteiger partial charge < -0.3 is 10.4 Å². The van der Waals surface area contributed by atoms with Crippen molar-refractivity contribution >= 4 is 11.8 Å². The zero-order chi connectivity index (χ0) is 9.31. The molecule has 0 aliphatic carbocycles. The lowest BCUT2D eigenvalue weighted by Gasteiger charge is -2.23. The molecule has 2 heterocycles. The zero-order valence-electron chi connectivity index (χ0n) is 7.06. The van der Waals surface area contributed by atoms with Gasteiger partial charge in [0, 0.05) is 17.2 Å². The van der Waals surface area contributed by atoms with E-state index in [1.165, 1.54) is 11.8 Å². The van der Waals surface area contributed by atoms with Crippen molar-refractivity contribution in [2.24, 2.45) is 0 Å². The molecule has 1 aromatic rings. The Hall–Kier alpha value is -1.23. The van der Waals surface area contributed by atoms with Crippen molar-refractivity contribution in [2.45, 2.75) is 11.8 Å². The molecule has 1 aromatic heterocycles. The third kappa shape index (κ3) is 1.47. The first-order chi connectivity index (χ1) is 6.21. The van der Waals surface area contributed by atoms with Gasteiger partial charge in [-0.1, -0.05) is 11.8 Å². The summed E-state index contributed by atoms with van der Waals surface area (Å²) in [5.74, 6) is 0.198. The van der Waals surface area contributed by atoms with Gasteiger partial charge in [0.15, 0.2) is 5.88 Å². The van der Waals surface area contributed by atoms with Gasteiger partial charge in [0.2, 0.25) is 0 Å². The standard InChI is InChI=1S/C8H9N3OS/c1-8(11-7(12)5-13-8)6-2-3-9-10-4-6/h2-5,11-12H,1H3. The SMILES string of the molecule is CC1(c2ccnnc2)NC(O)=CS1. The molecule has 1 unspecified atom stereocenters. The molecule has 0 saturated heterocycles. The highest BCUT2D eigenvalue weighted by molar-refractivity contribution is 8.03. The van der Waals surface area contributed by atoms with Gasteiger partial charge in [0.05, 0.1) is 6.20 Å². The fourth-order valence-electron chi connectivity index (χ4n) is 1.19. The van der Waals surface area contributed by atoms with Gasteiger partial charge in [-0.3, -0.25) is 0 Å². The summed E-state index contributed by atoms with van der Waals surface area (Å²) in [5.41, 5.74) is 0.993. The van der Waals surface area contributed by atoms with Crippen molar-refractivity contribution in [3.05, 3.63) is 35.3 Å². The van der Waals surface area contributed by atoms with E-state index in [1.807, 2.05) is 13.0 Å². The van der Waals surface area contributed by atoms with Crippen molar-refractivity contribution in [3.63, 3.8) is 0 Å². The van der Waals surface area contributed by atoms with E-state index in [4.69, 9.17) is 0 Å². The highest BCUT2D eigenvalue weighted by Crippen LogP contribution is 2.38. The predicted octanol–water partition coefficient (Wildman–Crippen LogP) is 1.34. The molecular formula is C8H9N3OS. The predicted molar refractivity (Wildman–Crippen MR) is 50.8 cm³/mol. The lowest BCUT2D eigenvalue weighted by atomic mass is 10.1. The maximum absolute atomic E-state index is 9.22. The fourth-order valence-corrected chi connectivity index (χ4v) is 2.02. The highest BCUT2D eigenvalue weighted by atomic mass is 32.2. The molecule has 0 spiro atoms. The summed E-state index contributed by atoms with van der Waals surface area (Å²) < 4.78 is 0.